The number of ketones is 1. The molecule has 1 unspecified atom stereocenters. The molecule has 1 aromatic carbocycles. The van der Waals surface area contributed by atoms with Crippen LogP contribution in [0.2, 0.25) is 0 Å². The number of ether oxygens (including phenoxy) is 3. The van der Waals surface area contributed by atoms with E-state index in [2.05, 4.69) is 0 Å². The molecule has 0 spiro atoms. The molecule has 2 aliphatic heterocycles. The third-order valence-electron chi connectivity index (χ3n) is 3.00. The quantitative estimate of drug-likeness (QED) is 0.787. The average molecular weight is 250 g/mol. The normalized spacial score (nSPS) is 21.3. The second kappa shape index (κ2) is 3.99. The molecule has 0 aliphatic carbocycles. The lowest BCUT2D eigenvalue weighted by Gasteiger charge is -2.09. The highest BCUT2D eigenvalue weighted by atomic mass is 16.7. The highest BCUT2D eigenvalue weighted by molar-refractivity contribution is 6.00. The van der Waals surface area contributed by atoms with Gasteiger partial charge in [-0.25, -0.2) is 4.79 Å². The van der Waals surface area contributed by atoms with Gasteiger partial charge in [-0.3, -0.25) is 4.79 Å². The Morgan fingerprint density at radius 2 is 2.00 bits per heavy atom. The lowest BCUT2D eigenvalue weighted by molar-refractivity contribution is -0.149. The molecule has 0 saturated heterocycles. The molecule has 2 aliphatic rings. The Bertz CT molecular complexity index is 536. The minimum atomic E-state index is -1.08. The van der Waals surface area contributed by atoms with Gasteiger partial charge in [0.05, 0.1) is 0 Å². The molecule has 1 aromatic rings. The molecule has 0 amide bonds. The minimum Gasteiger partial charge on any atom is -0.479 e. The SMILES string of the molecule is O=C1COC(C(=O)O)Cc2cc3c(cc21)OCO3. The van der Waals surface area contributed by atoms with Crippen molar-refractivity contribution in [3.8, 4) is 11.5 Å². The van der Waals surface area contributed by atoms with Gasteiger partial charge in [0.1, 0.15) is 6.61 Å². The molecular formula is C12H10O6. The van der Waals surface area contributed by atoms with Crippen LogP contribution in [0.1, 0.15) is 15.9 Å². The van der Waals surface area contributed by atoms with Crippen LogP contribution in [0, 0.1) is 0 Å². The van der Waals surface area contributed by atoms with E-state index in [9.17, 15) is 9.59 Å². The Morgan fingerprint density at radius 1 is 1.28 bits per heavy atom. The molecule has 0 radical (unpaired) electrons. The molecule has 0 aromatic heterocycles. The zero-order chi connectivity index (χ0) is 12.7. The van der Waals surface area contributed by atoms with Crippen molar-refractivity contribution in [1.29, 1.82) is 0 Å². The number of carbonyl (C=O) groups excluding carboxylic acids is 1. The number of rotatable bonds is 1. The fraction of sp³-hybridized carbons (Fsp3) is 0.333. The molecule has 0 bridgehead atoms. The monoisotopic (exact) mass is 250 g/mol. The summed E-state index contributed by atoms with van der Waals surface area (Å²) in [5.74, 6) is -0.274. The Labute approximate surface area is 102 Å². The summed E-state index contributed by atoms with van der Waals surface area (Å²) in [6.45, 7) is -0.116. The van der Waals surface area contributed by atoms with Gasteiger partial charge in [-0.15, -0.1) is 0 Å². The molecule has 0 fully saturated rings. The Morgan fingerprint density at radius 3 is 2.72 bits per heavy atom. The van der Waals surface area contributed by atoms with Crippen molar-refractivity contribution in [2.24, 2.45) is 0 Å². The molecule has 3 rings (SSSR count). The van der Waals surface area contributed by atoms with Crippen molar-refractivity contribution in [1.82, 2.24) is 0 Å². The molecule has 2 heterocycles. The van der Waals surface area contributed by atoms with Crippen LogP contribution in [-0.4, -0.2) is 36.4 Å². The smallest absolute Gasteiger partial charge is 0.333 e. The van der Waals surface area contributed by atoms with Gasteiger partial charge in [0.25, 0.3) is 0 Å². The summed E-state index contributed by atoms with van der Waals surface area (Å²) in [6.07, 6.45) is -0.858. The molecule has 94 valence electrons. The standard InChI is InChI=1S/C12H10O6/c13-8-4-16-11(12(14)15)2-6-1-9-10(3-7(6)8)18-5-17-9/h1,3,11H,2,4-5H2,(H,14,15). The van der Waals surface area contributed by atoms with Crippen LogP contribution in [0.4, 0.5) is 0 Å². The predicted molar refractivity (Wildman–Crippen MR) is 58.0 cm³/mol. The molecule has 0 saturated carbocycles. The number of carboxylic acid groups (broad SMARTS) is 1. The van der Waals surface area contributed by atoms with Gasteiger partial charge in [-0.05, 0) is 17.7 Å². The third-order valence-corrected chi connectivity index (χ3v) is 3.00. The van der Waals surface area contributed by atoms with E-state index in [1.54, 1.807) is 12.1 Å². The van der Waals surface area contributed by atoms with Crippen LogP contribution in [0.15, 0.2) is 12.1 Å². The van der Waals surface area contributed by atoms with Gasteiger partial charge in [0, 0.05) is 12.0 Å². The van der Waals surface area contributed by atoms with E-state index in [0.717, 1.165) is 0 Å². The molecular weight excluding hydrogens is 240 g/mol. The van der Waals surface area contributed by atoms with Crippen molar-refractivity contribution in [3.63, 3.8) is 0 Å². The summed E-state index contributed by atoms with van der Waals surface area (Å²) in [6, 6.07) is 3.24. The maximum Gasteiger partial charge on any atom is 0.333 e. The Balaban J connectivity index is 2.05. The average Bonchev–Trinajstić information content (AvgIpc) is 2.72. The van der Waals surface area contributed by atoms with Crippen molar-refractivity contribution >= 4 is 11.8 Å². The Kier molecular flexibility index (Phi) is 2.45. The van der Waals surface area contributed by atoms with E-state index < -0.39 is 12.1 Å². The maximum absolute atomic E-state index is 11.9. The molecule has 18 heavy (non-hydrogen) atoms. The van der Waals surface area contributed by atoms with E-state index in [4.69, 9.17) is 19.3 Å². The van der Waals surface area contributed by atoms with Crippen LogP contribution in [0.25, 0.3) is 0 Å². The second-order valence-corrected chi connectivity index (χ2v) is 4.13. The van der Waals surface area contributed by atoms with E-state index in [0.29, 0.717) is 22.6 Å². The lowest BCUT2D eigenvalue weighted by Crippen LogP contribution is -2.26. The molecule has 1 atom stereocenters. The van der Waals surface area contributed by atoms with E-state index >= 15 is 0 Å². The predicted octanol–water partition coefficient (Wildman–Crippen LogP) is 0.624. The van der Waals surface area contributed by atoms with Gasteiger partial charge < -0.3 is 19.3 Å². The van der Waals surface area contributed by atoms with Gasteiger partial charge in [0.15, 0.2) is 23.4 Å². The maximum atomic E-state index is 11.9. The largest absolute Gasteiger partial charge is 0.479 e. The summed E-state index contributed by atoms with van der Waals surface area (Å²) in [5.41, 5.74) is 1.07. The fourth-order valence-corrected chi connectivity index (χ4v) is 2.08. The number of benzene rings is 1. The van der Waals surface area contributed by atoms with Crippen molar-refractivity contribution < 1.29 is 28.9 Å². The lowest BCUT2D eigenvalue weighted by atomic mass is 9.99. The van der Waals surface area contributed by atoms with Crippen LogP contribution >= 0.6 is 0 Å². The van der Waals surface area contributed by atoms with E-state index in [1.807, 2.05) is 0 Å². The molecule has 6 heteroatoms. The number of hydrogen-bond acceptors (Lipinski definition) is 5. The highest BCUT2D eigenvalue weighted by Gasteiger charge is 2.29. The number of carbonyl (C=O) groups is 2. The van der Waals surface area contributed by atoms with Crippen molar-refractivity contribution in [3.05, 3.63) is 23.3 Å². The summed E-state index contributed by atoms with van der Waals surface area (Å²) in [4.78, 5) is 22.8. The first-order valence-corrected chi connectivity index (χ1v) is 5.45. The van der Waals surface area contributed by atoms with Crippen LogP contribution in [0.3, 0.4) is 0 Å². The number of aliphatic carboxylic acids is 1. The summed E-state index contributed by atoms with van der Waals surface area (Å²) < 4.78 is 15.5. The van der Waals surface area contributed by atoms with Crippen LogP contribution in [0.5, 0.6) is 11.5 Å². The van der Waals surface area contributed by atoms with Gasteiger partial charge in [-0.1, -0.05) is 0 Å². The summed E-state index contributed by atoms with van der Waals surface area (Å²) in [5, 5.41) is 8.98. The summed E-state index contributed by atoms with van der Waals surface area (Å²) >= 11 is 0. The minimum absolute atomic E-state index is 0.116. The number of fused-ring (bicyclic) bond motifs is 2. The topological polar surface area (TPSA) is 82.1 Å². The highest BCUT2D eigenvalue weighted by Crippen LogP contribution is 2.36. The first-order chi connectivity index (χ1) is 8.65. The molecule has 1 N–H and O–H groups in total. The zero-order valence-electron chi connectivity index (χ0n) is 9.34. The second-order valence-electron chi connectivity index (χ2n) is 4.13. The third kappa shape index (κ3) is 1.70. The van der Waals surface area contributed by atoms with E-state index in [-0.39, 0.29) is 25.6 Å². The van der Waals surface area contributed by atoms with Gasteiger partial charge >= 0.3 is 5.97 Å². The Hall–Kier alpha value is -2.08. The zero-order valence-corrected chi connectivity index (χ0v) is 9.34. The number of carboxylic acids is 1. The van der Waals surface area contributed by atoms with Crippen LogP contribution in [-0.2, 0) is 16.0 Å². The summed E-state index contributed by atoms with van der Waals surface area (Å²) in [7, 11) is 0. The fourth-order valence-electron chi connectivity index (χ4n) is 2.08. The van der Waals surface area contributed by atoms with Gasteiger partial charge in [-0.2, -0.15) is 0 Å². The van der Waals surface area contributed by atoms with Crippen molar-refractivity contribution in [2.75, 3.05) is 13.4 Å². The van der Waals surface area contributed by atoms with Crippen molar-refractivity contribution in [2.45, 2.75) is 12.5 Å². The van der Waals surface area contributed by atoms with Gasteiger partial charge in [0.2, 0.25) is 6.79 Å². The van der Waals surface area contributed by atoms with E-state index in [1.165, 1.54) is 0 Å². The number of Topliss-reactive ketones (excluding diaryl/α,β-unsaturated/α-hetero) is 1. The number of hydrogen-bond donors (Lipinski definition) is 1. The molecule has 6 nitrogen and oxygen atoms in total. The van der Waals surface area contributed by atoms with Crippen LogP contribution < -0.4 is 9.47 Å². The first kappa shape index (κ1) is 11.0. The first-order valence-electron chi connectivity index (χ1n) is 5.45.